The molecular formula is C74H115O27P. The molecule has 28 heteroatoms. The molecular weight excluding hydrogens is 1350 g/mol. The number of carbonyl (C=O) groups is 1. The van der Waals surface area contributed by atoms with Crippen molar-refractivity contribution < 1.29 is 129 Å². The molecule has 14 unspecified atom stereocenters. The third-order valence-corrected chi connectivity index (χ3v) is 22.3. The zero-order valence-electron chi connectivity index (χ0n) is 61.8. The van der Waals surface area contributed by atoms with Crippen molar-refractivity contribution in [1.29, 1.82) is 0 Å². The van der Waals surface area contributed by atoms with Gasteiger partial charge in [-0.1, -0.05) is 168 Å². The molecule has 3 bridgehead atoms. The van der Waals surface area contributed by atoms with E-state index >= 15 is 0 Å². The van der Waals surface area contributed by atoms with E-state index in [1.165, 1.54) is 0 Å². The Hall–Kier alpha value is -3.60. The average molecular weight is 1470 g/mol. The number of phosphoric ester groups is 1. The van der Waals surface area contributed by atoms with Crippen molar-refractivity contribution in [2.75, 3.05) is 47.3 Å². The molecule has 3 aromatic rings. The molecule has 102 heavy (non-hydrogen) atoms. The number of ether oxygens (including phenoxy) is 16. The molecule has 9 saturated heterocycles. The molecule has 9 fully saturated rings. The van der Waals surface area contributed by atoms with Crippen LogP contribution in [0.25, 0.3) is 0 Å². The molecule has 0 aliphatic carbocycles. The summed E-state index contributed by atoms with van der Waals surface area (Å²) in [5.41, 5.74) is 2.37. The van der Waals surface area contributed by atoms with Crippen LogP contribution in [0.3, 0.4) is 0 Å². The van der Waals surface area contributed by atoms with Crippen molar-refractivity contribution in [3.8, 4) is 0 Å². The van der Waals surface area contributed by atoms with E-state index in [9.17, 15) is 14.5 Å². The first-order chi connectivity index (χ1) is 48.7. The number of esters is 1. The van der Waals surface area contributed by atoms with Crippen LogP contribution in [0, 0.1) is 41.4 Å². The highest BCUT2D eigenvalue weighted by Gasteiger charge is 2.62. The molecule has 9 heterocycles. The van der Waals surface area contributed by atoms with Crippen LogP contribution in [-0.4, -0.2) is 207 Å². The summed E-state index contributed by atoms with van der Waals surface area (Å²) in [4.78, 5) is 12.7. The van der Waals surface area contributed by atoms with Crippen LogP contribution in [0.15, 0.2) is 91.0 Å². The van der Waals surface area contributed by atoms with Crippen LogP contribution < -0.4 is 0 Å². The number of phosphoric acid groups is 1. The number of methoxy groups -OCH3 is 2. The van der Waals surface area contributed by atoms with Gasteiger partial charge in [-0.15, -0.1) is 0 Å². The fourth-order valence-electron chi connectivity index (χ4n) is 13.5. The van der Waals surface area contributed by atoms with Gasteiger partial charge in [0.2, 0.25) is 6.29 Å². The molecule has 9 aliphatic rings. The van der Waals surface area contributed by atoms with E-state index in [1.807, 2.05) is 76.2 Å². The van der Waals surface area contributed by atoms with E-state index in [0.717, 1.165) is 36.8 Å². The normalized spacial score (nSPS) is 40.3. The van der Waals surface area contributed by atoms with E-state index in [-0.39, 0.29) is 92.9 Å². The highest BCUT2D eigenvalue weighted by atomic mass is 31.2. The largest absolute Gasteiger partial charge is 0.477 e. The van der Waals surface area contributed by atoms with Gasteiger partial charge in [-0.05, 0) is 73.0 Å². The number of carbonyl (C=O) groups excluding carboxylic acids is 1. The molecule has 0 spiro atoms. The van der Waals surface area contributed by atoms with Gasteiger partial charge in [0, 0.05) is 45.5 Å². The first-order valence-electron chi connectivity index (χ1n) is 36.3. The topological polar surface area (TPSA) is 331 Å². The number of aliphatic hydroxyl groups excluding tert-OH is 6. The first-order valence-corrected chi connectivity index (χ1v) is 37.7. The third-order valence-electron chi connectivity index (χ3n) is 20.9. The van der Waals surface area contributed by atoms with Gasteiger partial charge >= 0.3 is 19.8 Å². The Balaban J connectivity index is 0.000000169. The van der Waals surface area contributed by atoms with E-state index in [1.54, 1.807) is 58.4 Å². The Morgan fingerprint density at radius 3 is 1.53 bits per heavy atom. The van der Waals surface area contributed by atoms with Crippen LogP contribution in [0.1, 0.15) is 150 Å². The van der Waals surface area contributed by atoms with Gasteiger partial charge in [0.05, 0.1) is 75.7 Å². The summed E-state index contributed by atoms with van der Waals surface area (Å²) < 4.78 is 123. The lowest BCUT2D eigenvalue weighted by atomic mass is 9.83. The molecule has 12 rings (SSSR count). The van der Waals surface area contributed by atoms with Gasteiger partial charge in [0.25, 0.3) is 11.9 Å². The second-order valence-corrected chi connectivity index (χ2v) is 29.4. The van der Waals surface area contributed by atoms with Crippen LogP contribution in [0.2, 0.25) is 0 Å². The number of aliphatic hydroxyl groups is 6. The number of hydrogen-bond acceptors (Lipinski definition) is 27. The summed E-state index contributed by atoms with van der Waals surface area (Å²) in [5.74, 6) is -2.08. The number of rotatable bonds is 22. The highest BCUT2D eigenvalue weighted by Crippen LogP contribution is 2.54. The van der Waals surface area contributed by atoms with Gasteiger partial charge in [0.1, 0.15) is 42.7 Å². The summed E-state index contributed by atoms with van der Waals surface area (Å²) in [6.45, 7) is 27.1. The minimum Gasteiger partial charge on any atom is -0.453 e. The van der Waals surface area contributed by atoms with Crippen LogP contribution >= 0.6 is 7.82 Å². The molecule has 0 saturated carbocycles. The lowest BCUT2D eigenvalue weighted by molar-refractivity contribution is -0.358. The first kappa shape index (κ1) is 84.0. The van der Waals surface area contributed by atoms with Crippen molar-refractivity contribution in [3.63, 3.8) is 0 Å². The molecule has 6 N–H and O–H groups in total. The minimum atomic E-state index is -3.98. The Kier molecular flexibility index (Phi) is 31.7. The van der Waals surface area contributed by atoms with E-state index < -0.39 is 93.8 Å². The molecule has 28 atom stereocenters. The maximum Gasteiger partial charge on any atom is 0.477 e. The number of fused-ring (bicyclic) bond motifs is 4. The van der Waals surface area contributed by atoms with Crippen molar-refractivity contribution in [2.24, 2.45) is 41.4 Å². The number of unbranched alkanes of at least 4 members (excludes halogenated alkanes) is 2. The lowest BCUT2D eigenvalue weighted by Crippen LogP contribution is -2.58. The van der Waals surface area contributed by atoms with E-state index in [4.69, 9.17) is 110 Å². The standard InChI is InChI=1S/C23H37O8P.C21H22O5.2C12H22O4.C6H12O6/c1-5-7-14-27-32(26,28-15-8-6-2)31-23-21(18(4)17(3)20(16-24)29-23)30-22(25)19-12-10-9-11-13-19;1-14-17-13-23-21(16-10-6-3-7-11-16)25-19(20(24-17)26-21)18(14)22-12-15-8-4-2-5-9-15;2*1-6-9-7(2)8(3)10-11(14-9)16-12(4,13-5)15-10;7-1-2-3(8)4(9)5(10)6(11)12-2/h9-13,17-18,20-21,23-24H,5-8,14-16H2,1-4H3;2-11,14,17-20H,12-13H2,1H3;2*7-11H,6H2,1-5H3;2-11H,1H2/t17-,18-,20?,21?,23+;14-,17?,18+,19?,20?,21?;2*7-,8-,9?,10?,11-,12?;2?,3-,4+,5?,6+/m01001/s1. The van der Waals surface area contributed by atoms with Gasteiger partial charge in [-0.25, -0.2) is 9.36 Å². The number of benzene rings is 3. The second-order valence-electron chi connectivity index (χ2n) is 27.8. The molecule has 0 amide bonds. The maximum atomic E-state index is 13.4. The molecule has 3 aromatic carbocycles. The quantitative estimate of drug-likeness (QED) is 0.0310. The van der Waals surface area contributed by atoms with E-state index in [2.05, 4.69) is 65.3 Å². The Morgan fingerprint density at radius 2 is 1.03 bits per heavy atom. The maximum absolute atomic E-state index is 13.4. The Bertz CT molecular complexity index is 2920. The van der Waals surface area contributed by atoms with Crippen molar-refractivity contribution in [2.45, 2.75) is 264 Å². The summed E-state index contributed by atoms with van der Waals surface area (Å²) in [6.07, 6.45) is -5.73. The number of hydrogen-bond donors (Lipinski definition) is 6. The molecule has 0 aromatic heterocycles. The second kappa shape index (κ2) is 38.5. The molecule has 27 nitrogen and oxygen atoms in total. The highest BCUT2D eigenvalue weighted by molar-refractivity contribution is 7.48. The van der Waals surface area contributed by atoms with E-state index in [0.29, 0.717) is 55.3 Å². The predicted molar refractivity (Wildman–Crippen MR) is 366 cm³/mol. The molecule has 0 radical (unpaired) electrons. The Morgan fingerprint density at radius 1 is 0.529 bits per heavy atom. The third kappa shape index (κ3) is 20.6. The summed E-state index contributed by atoms with van der Waals surface area (Å²) in [6, 6.07) is 28.5. The smallest absolute Gasteiger partial charge is 0.453 e. The van der Waals surface area contributed by atoms with Crippen LogP contribution in [0.5, 0.6) is 0 Å². The van der Waals surface area contributed by atoms with Gasteiger partial charge in [0.15, 0.2) is 31.3 Å². The fourth-order valence-corrected chi connectivity index (χ4v) is 14.8. The summed E-state index contributed by atoms with van der Waals surface area (Å²) in [7, 11) is -0.809. The van der Waals surface area contributed by atoms with Gasteiger partial charge in [-0.3, -0.25) is 27.8 Å². The fraction of sp³-hybridized carbons (Fsp3) is 0.743. The van der Waals surface area contributed by atoms with Crippen LogP contribution in [-0.2, 0) is 107 Å². The Labute approximate surface area is 601 Å². The predicted octanol–water partition coefficient (Wildman–Crippen LogP) is 9.19. The van der Waals surface area contributed by atoms with Crippen molar-refractivity contribution >= 4 is 13.8 Å². The van der Waals surface area contributed by atoms with Crippen molar-refractivity contribution in [3.05, 3.63) is 108 Å². The summed E-state index contributed by atoms with van der Waals surface area (Å²) in [5, 5.41) is 54.4. The molecule has 578 valence electrons. The average Bonchev–Trinajstić information content (AvgIpc) is 1.58. The minimum absolute atomic E-state index is 0.0252. The zero-order chi connectivity index (χ0) is 74.3. The van der Waals surface area contributed by atoms with Gasteiger partial charge in [-0.2, -0.15) is 0 Å². The zero-order valence-corrected chi connectivity index (χ0v) is 62.7. The molecule has 9 aliphatic heterocycles. The van der Waals surface area contributed by atoms with Crippen LogP contribution in [0.4, 0.5) is 0 Å². The SMILES string of the molecule is CCC1O[C@H]2OC(C)(OC)OC2[C@@H](C)[C@@H]1C.CCC1O[C@H]2OC(C)(OC)OC2[C@@H](C)[C@@H]1C.CCCCOP(=O)(OCCCC)O[C@H]1OC(CO)[C@@H](C)[C@H](C)C1OC(=O)c1ccccc1.C[C@@H]1C2COC3(c4ccccc4)OC(O2)C(O3)[C@H]1OCc1ccccc1.OCC1O[C@H](O)C(O)[C@@H](O)[C@@H]1O. The lowest BCUT2D eigenvalue weighted by Gasteiger charge is -2.43. The van der Waals surface area contributed by atoms with Gasteiger partial charge < -0.3 is 92.2 Å². The monoisotopic (exact) mass is 1470 g/mol. The van der Waals surface area contributed by atoms with Crippen molar-refractivity contribution in [1.82, 2.24) is 0 Å². The summed E-state index contributed by atoms with van der Waals surface area (Å²) >= 11 is 0.